The minimum atomic E-state index is 0.772. The molecule has 0 aromatic heterocycles. The van der Waals surface area contributed by atoms with Crippen molar-refractivity contribution in [1.82, 2.24) is 10.2 Å². The van der Waals surface area contributed by atoms with Crippen LogP contribution in [0.2, 0.25) is 0 Å². The van der Waals surface area contributed by atoms with Gasteiger partial charge in [-0.3, -0.25) is 0 Å². The summed E-state index contributed by atoms with van der Waals surface area (Å²) in [4.78, 5) is 2.56. The molecule has 3 atom stereocenters. The quantitative estimate of drug-likeness (QED) is 0.726. The Kier molecular flexibility index (Phi) is 4.90. The highest BCUT2D eigenvalue weighted by molar-refractivity contribution is 4.86. The molecule has 1 aliphatic heterocycles. The van der Waals surface area contributed by atoms with Crippen LogP contribution < -0.4 is 5.32 Å². The second-order valence-corrected chi connectivity index (χ2v) is 4.85. The molecule has 1 fully saturated rings. The van der Waals surface area contributed by atoms with Crippen molar-refractivity contribution < 1.29 is 0 Å². The van der Waals surface area contributed by atoms with Gasteiger partial charge in [-0.05, 0) is 25.4 Å². The molecule has 84 valence electrons. The van der Waals surface area contributed by atoms with Crippen LogP contribution in [0.15, 0.2) is 0 Å². The molecule has 1 rings (SSSR count). The zero-order valence-electron chi connectivity index (χ0n) is 10.2. The van der Waals surface area contributed by atoms with E-state index in [2.05, 4.69) is 38.0 Å². The van der Waals surface area contributed by atoms with Crippen molar-refractivity contribution in [3.8, 4) is 0 Å². The van der Waals surface area contributed by atoms with Crippen LogP contribution in [0.4, 0.5) is 0 Å². The molecule has 0 radical (unpaired) electrons. The predicted molar refractivity (Wildman–Crippen MR) is 62.5 cm³/mol. The van der Waals surface area contributed by atoms with Gasteiger partial charge in [0.25, 0.3) is 0 Å². The number of hydrogen-bond acceptors (Lipinski definition) is 2. The SMILES string of the molecule is CCC(C)CN(C)C1CNCC1CC. The van der Waals surface area contributed by atoms with Crippen LogP contribution in [0, 0.1) is 11.8 Å². The molecule has 0 aromatic rings. The summed E-state index contributed by atoms with van der Waals surface area (Å²) in [6, 6.07) is 0.772. The summed E-state index contributed by atoms with van der Waals surface area (Å²) in [5.74, 6) is 1.70. The van der Waals surface area contributed by atoms with Crippen LogP contribution in [-0.2, 0) is 0 Å². The summed E-state index contributed by atoms with van der Waals surface area (Å²) in [6.45, 7) is 10.6. The highest BCUT2D eigenvalue weighted by atomic mass is 15.2. The summed E-state index contributed by atoms with van der Waals surface area (Å²) in [5, 5.41) is 3.50. The zero-order chi connectivity index (χ0) is 10.6. The molecule has 0 aliphatic carbocycles. The molecule has 1 N–H and O–H groups in total. The molecule has 0 amide bonds. The van der Waals surface area contributed by atoms with Gasteiger partial charge in [0, 0.05) is 19.1 Å². The van der Waals surface area contributed by atoms with Gasteiger partial charge in [0.05, 0.1) is 0 Å². The Morgan fingerprint density at radius 1 is 1.36 bits per heavy atom. The summed E-state index contributed by atoms with van der Waals surface area (Å²) in [6.07, 6.45) is 2.60. The third-order valence-electron chi connectivity index (χ3n) is 3.69. The first kappa shape index (κ1) is 12.0. The van der Waals surface area contributed by atoms with Crippen LogP contribution >= 0.6 is 0 Å². The van der Waals surface area contributed by atoms with Crippen LogP contribution in [0.1, 0.15) is 33.6 Å². The minimum absolute atomic E-state index is 0.772. The normalized spacial score (nSPS) is 29.8. The molecule has 2 heteroatoms. The Hall–Kier alpha value is -0.0800. The van der Waals surface area contributed by atoms with Crippen molar-refractivity contribution in [2.45, 2.75) is 39.7 Å². The second-order valence-electron chi connectivity index (χ2n) is 4.85. The lowest BCUT2D eigenvalue weighted by atomic mass is 9.98. The van der Waals surface area contributed by atoms with Gasteiger partial charge in [-0.1, -0.05) is 33.6 Å². The molecular weight excluding hydrogens is 172 g/mol. The maximum Gasteiger partial charge on any atom is 0.0257 e. The van der Waals surface area contributed by atoms with Gasteiger partial charge in [0.1, 0.15) is 0 Å². The van der Waals surface area contributed by atoms with Crippen LogP contribution in [0.3, 0.4) is 0 Å². The van der Waals surface area contributed by atoms with Gasteiger partial charge in [0.2, 0.25) is 0 Å². The number of nitrogens with one attached hydrogen (secondary N) is 1. The van der Waals surface area contributed by atoms with Crippen molar-refractivity contribution in [2.75, 3.05) is 26.7 Å². The van der Waals surface area contributed by atoms with Crippen molar-refractivity contribution in [3.05, 3.63) is 0 Å². The van der Waals surface area contributed by atoms with E-state index in [-0.39, 0.29) is 0 Å². The van der Waals surface area contributed by atoms with Gasteiger partial charge < -0.3 is 10.2 Å². The predicted octanol–water partition coefficient (Wildman–Crippen LogP) is 1.96. The van der Waals surface area contributed by atoms with E-state index in [1.54, 1.807) is 0 Å². The monoisotopic (exact) mass is 198 g/mol. The minimum Gasteiger partial charge on any atom is -0.315 e. The molecule has 14 heavy (non-hydrogen) atoms. The van der Waals surface area contributed by atoms with Crippen molar-refractivity contribution in [1.29, 1.82) is 0 Å². The molecule has 2 nitrogen and oxygen atoms in total. The van der Waals surface area contributed by atoms with Crippen LogP contribution in [0.25, 0.3) is 0 Å². The lowest BCUT2D eigenvalue weighted by Gasteiger charge is -2.30. The fourth-order valence-corrected chi connectivity index (χ4v) is 2.41. The Morgan fingerprint density at radius 3 is 2.64 bits per heavy atom. The van der Waals surface area contributed by atoms with E-state index in [0.29, 0.717) is 0 Å². The van der Waals surface area contributed by atoms with E-state index in [1.165, 1.54) is 32.5 Å². The first-order valence-electron chi connectivity index (χ1n) is 6.09. The second kappa shape index (κ2) is 5.72. The van der Waals surface area contributed by atoms with Gasteiger partial charge in [-0.15, -0.1) is 0 Å². The molecule has 3 unspecified atom stereocenters. The topological polar surface area (TPSA) is 15.3 Å². The Bertz CT molecular complexity index is 158. The van der Waals surface area contributed by atoms with E-state index >= 15 is 0 Å². The number of rotatable bonds is 5. The van der Waals surface area contributed by atoms with Crippen LogP contribution in [-0.4, -0.2) is 37.6 Å². The Labute approximate surface area is 89.1 Å². The summed E-state index contributed by atoms with van der Waals surface area (Å²) in [5.41, 5.74) is 0. The average Bonchev–Trinajstić information content (AvgIpc) is 2.65. The molecule has 0 spiro atoms. The highest BCUT2D eigenvalue weighted by Crippen LogP contribution is 2.19. The van der Waals surface area contributed by atoms with Gasteiger partial charge in [0.15, 0.2) is 0 Å². The van der Waals surface area contributed by atoms with E-state index < -0.39 is 0 Å². The van der Waals surface area contributed by atoms with Gasteiger partial charge in [-0.2, -0.15) is 0 Å². The van der Waals surface area contributed by atoms with Crippen molar-refractivity contribution >= 4 is 0 Å². The third kappa shape index (κ3) is 2.96. The molecule has 0 aromatic carbocycles. The Morgan fingerprint density at radius 2 is 2.07 bits per heavy atom. The van der Waals surface area contributed by atoms with E-state index in [0.717, 1.165) is 17.9 Å². The standard InChI is InChI=1S/C12H26N2/c1-5-10(3)9-14(4)12-8-13-7-11(12)6-2/h10-13H,5-9H2,1-4H3. The molecule has 1 aliphatic rings. The molecular formula is C12H26N2. The highest BCUT2D eigenvalue weighted by Gasteiger charge is 2.28. The average molecular weight is 198 g/mol. The fourth-order valence-electron chi connectivity index (χ4n) is 2.41. The molecule has 1 heterocycles. The van der Waals surface area contributed by atoms with Crippen molar-refractivity contribution in [3.63, 3.8) is 0 Å². The first-order chi connectivity index (χ1) is 6.69. The fraction of sp³-hybridized carbons (Fsp3) is 1.00. The maximum atomic E-state index is 3.50. The number of nitrogens with zero attached hydrogens (tertiary/aromatic N) is 1. The van der Waals surface area contributed by atoms with E-state index in [4.69, 9.17) is 0 Å². The largest absolute Gasteiger partial charge is 0.315 e. The van der Waals surface area contributed by atoms with Crippen LogP contribution in [0.5, 0.6) is 0 Å². The summed E-state index contributed by atoms with van der Waals surface area (Å²) < 4.78 is 0. The van der Waals surface area contributed by atoms with Gasteiger partial charge >= 0.3 is 0 Å². The number of hydrogen-bond donors (Lipinski definition) is 1. The first-order valence-corrected chi connectivity index (χ1v) is 6.09. The lowest BCUT2D eigenvalue weighted by Crippen LogP contribution is -2.40. The summed E-state index contributed by atoms with van der Waals surface area (Å²) in [7, 11) is 2.28. The van der Waals surface area contributed by atoms with E-state index in [1.807, 2.05) is 0 Å². The molecule has 0 bridgehead atoms. The zero-order valence-corrected chi connectivity index (χ0v) is 10.2. The maximum absolute atomic E-state index is 3.50. The summed E-state index contributed by atoms with van der Waals surface area (Å²) >= 11 is 0. The van der Waals surface area contributed by atoms with E-state index in [9.17, 15) is 0 Å². The lowest BCUT2D eigenvalue weighted by molar-refractivity contribution is 0.182. The molecule has 0 saturated carbocycles. The Balaban J connectivity index is 2.38. The molecule has 1 saturated heterocycles. The number of likely N-dealkylation sites (N-methyl/N-ethyl adjacent to an activating group) is 1. The smallest absolute Gasteiger partial charge is 0.0257 e. The van der Waals surface area contributed by atoms with Gasteiger partial charge in [-0.25, -0.2) is 0 Å². The third-order valence-corrected chi connectivity index (χ3v) is 3.69. The van der Waals surface area contributed by atoms with Crippen molar-refractivity contribution in [2.24, 2.45) is 11.8 Å².